The van der Waals surface area contributed by atoms with Crippen molar-refractivity contribution in [3.63, 3.8) is 0 Å². The fourth-order valence-electron chi connectivity index (χ4n) is 3.01. The van der Waals surface area contributed by atoms with E-state index in [4.69, 9.17) is 0 Å². The predicted molar refractivity (Wildman–Crippen MR) is 113 cm³/mol. The molecule has 0 aliphatic rings. The van der Waals surface area contributed by atoms with Gasteiger partial charge in [0.25, 0.3) is 0 Å². The van der Waals surface area contributed by atoms with E-state index in [1.54, 1.807) is 13.0 Å². The predicted octanol–water partition coefficient (Wildman–Crippen LogP) is 3.37. The Morgan fingerprint density at radius 1 is 1.04 bits per heavy atom. The van der Waals surface area contributed by atoms with Crippen LogP contribution in [-0.2, 0) is 16.1 Å². The van der Waals surface area contributed by atoms with Gasteiger partial charge >= 0.3 is 0 Å². The standard InChI is InChI=1S/C23H25N3O2/c1-18(25-22(27)13-12-19-8-3-2-4-9-19)23(28)24-15-7-16-26-17-14-20-10-5-6-11-21(20)26/h2-6,8-14,17-18H,7,15-16H2,1H3,(H,24,28)(H,25,27)/b13-12+. The van der Waals surface area contributed by atoms with E-state index in [0.29, 0.717) is 6.54 Å². The summed E-state index contributed by atoms with van der Waals surface area (Å²) in [4.78, 5) is 24.1. The molecule has 0 bridgehead atoms. The lowest BCUT2D eigenvalue weighted by Crippen LogP contribution is -2.44. The van der Waals surface area contributed by atoms with Crippen molar-refractivity contribution < 1.29 is 9.59 Å². The Kier molecular flexibility index (Phi) is 6.63. The Morgan fingerprint density at radius 3 is 2.61 bits per heavy atom. The summed E-state index contributed by atoms with van der Waals surface area (Å²) in [5.41, 5.74) is 2.13. The number of fused-ring (bicyclic) bond motifs is 1. The van der Waals surface area contributed by atoms with E-state index in [-0.39, 0.29) is 11.8 Å². The molecule has 144 valence electrons. The number of hydrogen-bond acceptors (Lipinski definition) is 2. The van der Waals surface area contributed by atoms with Crippen molar-refractivity contribution in [3.05, 3.63) is 78.5 Å². The Balaban J connectivity index is 1.39. The Morgan fingerprint density at radius 2 is 1.79 bits per heavy atom. The van der Waals surface area contributed by atoms with Gasteiger partial charge in [-0.3, -0.25) is 9.59 Å². The van der Waals surface area contributed by atoms with Gasteiger partial charge in [-0.15, -0.1) is 0 Å². The minimum atomic E-state index is -0.583. The maximum absolute atomic E-state index is 12.2. The van der Waals surface area contributed by atoms with Crippen LogP contribution in [0.15, 0.2) is 72.9 Å². The summed E-state index contributed by atoms with van der Waals surface area (Å²) in [7, 11) is 0. The molecule has 1 unspecified atom stereocenters. The second-order valence-electron chi connectivity index (χ2n) is 6.69. The lowest BCUT2D eigenvalue weighted by Gasteiger charge is -2.13. The van der Waals surface area contributed by atoms with Crippen LogP contribution in [-0.4, -0.2) is 29.0 Å². The van der Waals surface area contributed by atoms with E-state index in [0.717, 1.165) is 18.5 Å². The van der Waals surface area contributed by atoms with Gasteiger partial charge in [0.05, 0.1) is 0 Å². The molecule has 2 aromatic carbocycles. The molecule has 1 aromatic heterocycles. The topological polar surface area (TPSA) is 63.1 Å². The monoisotopic (exact) mass is 375 g/mol. The molecule has 3 aromatic rings. The fourth-order valence-corrected chi connectivity index (χ4v) is 3.01. The summed E-state index contributed by atoms with van der Waals surface area (Å²) in [5, 5.41) is 6.78. The average molecular weight is 375 g/mol. The number of carbonyl (C=O) groups is 2. The molecular weight excluding hydrogens is 350 g/mol. The normalized spacial score (nSPS) is 12.2. The van der Waals surface area contributed by atoms with E-state index in [9.17, 15) is 9.59 Å². The van der Waals surface area contributed by atoms with E-state index in [1.165, 1.54) is 17.0 Å². The van der Waals surface area contributed by atoms with Crippen molar-refractivity contribution >= 4 is 28.8 Å². The molecule has 3 rings (SSSR count). The van der Waals surface area contributed by atoms with Gasteiger partial charge in [-0.25, -0.2) is 0 Å². The number of nitrogens with zero attached hydrogens (tertiary/aromatic N) is 1. The van der Waals surface area contributed by atoms with Gasteiger partial charge < -0.3 is 15.2 Å². The molecule has 0 radical (unpaired) electrons. The first kappa shape index (κ1) is 19.4. The van der Waals surface area contributed by atoms with E-state index in [2.05, 4.69) is 39.6 Å². The van der Waals surface area contributed by atoms with Crippen LogP contribution in [0.5, 0.6) is 0 Å². The third-order valence-corrected chi connectivity index (χ3v) is 4.53. The fraction of sp³-hybridized carbons (Fsp3) is 0.217. The average Bonchev–Trinajstić information content (AvgIpc) is 3.13. The first-order chi connectivity index (χ1) is 13.6. The number of aryl methyl sites for hydroxylation is 1. The van der Waals surface area contributed by atoms with E-state index < -0.39 is 6.04 Å². The largest absolute Gasteiger partial charge is 0.354 e. The number of aromatic nitrogens is 1. The lowest BCUT2D eigenvalue weighted by atomic mass is 10.2. The Bertz CT molecular complexity index is 960. The van der Waals surface area contributed by atoms with Crippen molar-refractivity contribution in [1.82, 2.24) is 15.2 Å². The van der Waals surface area contributed by atoms with Crippen molar-refractivity contribution in [3.8, 4) is 0 Å². The minimum Gasteiger partial charge on any atom is -0.354 e. The third kappa shape index (κ3) is 5.33. The van der Waals surface area contributed by atoms with Crippen LogP contribution in [0.3, 0.4) is 0 Å². The number of para-hydroxylation sites is 1. The maximum atomic E-state index is 12.2. The first-order valence-corrected chi connectivity index (χ1v) is 9.49. The molecule has 0 spiro atoms. The molecular formula is C23H25N3O2. The second-order valence-corrected chi connectivity index (χ2v) is 6.69. The number of rotatable bonds is 8. The third-order valence-electron chi connectivity index (χ3n) is 4.53. The number of nitrogens with one attached hydrogen (secondary N) is 2. The van der Waals surface area contributed by atoms with Gasteiger partial charge in [0, 0.05) is 30.9 Å². The van der Waals surface area contributed by atoms with Crippen LogP contribution in [0.25, 0.3) is 17.0 Å². The van der Waals surface area contributed by atoms with Crippen molar-refractivity contribution in [1.29, 1.82) is 0 Å². The molecule has 0 aliphatic carbocycles. The van der Waals surface area contributed by atoms with Crippen LogP contribution >= 0.6 is 0 Å². The van der Waals surface area contributed by atoms with Crippen LogP contribution in [0.2, 0.25) is 0 Å². The quantitative estimate of drug-likeness (QED) is 0.468. The van der Waals surface area contributed by atoms with Crippen LogP contribution in [0, 0.1) is 0 Å². The molecule has 2 amide bonds. The summed E-state index contributed by atoms with van der Waals surface area (Å²) >= 11 is 0. The molecule has 2 N–H and O–H groups in total. The summed E-state index contributed by atoms with van der Waals surface area (Å²) < 4.78 is 2.18. The molecule has 1 heterocycles. The molecule has 0 saturated heterocycles. The number of carbonyl (C=O) groups excluding carboxylic acids is 2. The molecule has 5 nitrogen and oxygen atoms in total. The van der Waals surface area contributed by atoms with Crippen molar-refractivity contribution in [2.24, 2.45) is 0 Å². The Hall–Kier alpha value is -3.34. The Labute approximate surface area is 165 Å². The van der Waals surface area contributed by atoms with Crippen LogP contribution < -0.4 is 10.6 Å². The van der Waals surface area contributed by atoms with Crippen LogP contribution in [0.4, 0.5) is 0 Å². The second kappa shape index (κ2) is 9.55. The highest BCUT2D eigenvalue weighted by Gasteiger charge is 2.13. The minimum absolute atomic E-state index is 0.182. The van der Waals surface area contributed by atoms with Gasteiger partial charge in [0.2, 0.25) is 11.8 Å². The molecule has 0 saturated carbocycles. The van der Waals surface area contributed by atoms with Gasteiger partial charge in [0.1, 0.15) is 6.04 Å². The van der Waals surface area contributed by atoms with Gasteiger partial charge in [0.15, 0.2) is 0 Å². The zero-order chi connectivity index (χ0) is 19.8. The summed E-state index contributed by atoms with van der Waals surface area (Å²) in [6.07, 6.45) is 6.05. The summed E-state index contributed by atoms with van der Waals surface area (Å²) in [6.45, 7) is 3.07. The van der Waals surface area contributed by atoms with Crippen molar-refractivity contribution in [2.45, 2.75) is 25.9 Å². The smallest absolute Gasteiger partial charge is 0.244 e. The zero-order valence-corrected chi connectivity index (χ0v) is 16.0. The maximum Gasteiger partial charge on any atom is 0.244 e. The lowest BCUT2D eigenvalue weighted by molar-refractivity contribution is -0.126. The molecule has 1 atom stereocenters. The SMILES string of the molecule is CC(NC(=O)/C=C/c1ccccc1)C(=O)NCCCn1ccc2ccccc21. The highest BCUT2D eigenvalue weighted by molar-refractivity contribution is 5.95. The summed E-state index contributed by atoms with van der Waals surface area (Å²) in [5.74, 6) is -0.468. The first-order valence-electron chi connectivity index (χ1n) is 9.49. The van der Waals surface area contributed by atoms with E-state index in [1.807, 2.05) is 42.5 Å². The van der Waals surface area contributed by atoms with E-state index >= 15 is 0 Å². The highest BCUT2D eigenvalue weighted by atomic mass is 16.2. The summed E-state index contributed by atoms with van der Waals surface area (Å²) in [6, 6.07) is 19.3. The highest BCUT2D eigenvalue weighted by Crippen LogP contribution is 2.15. The number of amides is 2. The molecule has 28 heavy (non-hydrogen) atoms. The zero-order valence-electron chi connectivity index (χ0n) is 16.0. The molecule has 0 fully saturated rings. The van der Waals surface area contributed by atoms with Gasteiger partial charge in [-0.05, 0) is 42.5 Å². The van der Waals surface area contributed by atoms with Gasteiger partial charge in [-0.1, -0.05) is 48.5 Å². The number of hydrogen-bond donors (Lipinski definition) is 2. The number of benzene rings is 2. The van der Waals surface area contributed by atoms with Gasteiger partial charge in [-0.2, -0.15) is 0 Å². The molecule has 5 heteroatoms. The molecule has 0 aliphatic heterocycles. The van der Waals surface area contributed by atoms with Crippen molar-refractivity contribution in [2.75, 3.05) is 6.54 Å². The van der Waals surface area contributed by atoms with Crippen LogP contribution in [0.1, 0.15) is 18.9 Å².